The van der Waals surface area contributed by atoms with Gasteiger partial charge >= 0.3 is 0 Å². The van der Waals surface area contributed by atoms with Gasteiger partial charge in [-0.1, -0.05) is 20.8 Å². The maximum absolute atomic E-state index is 4.52. The highest BCUT2D eigenvalue weighted by molar-refractivity contribution is 5.60. The van der Waals surface area contributed by atoms with Crippen LogP contribution in [0.3, 0.4) is 0 Å². The average molecular weight is 262 g/mol. The predicted molar refractivity (Wildman–Crippen MR) is 80.8 cm³/mol. The minimum atomic E-state index is 0.421. The van der Waals surface area contributed by atoms with Crippen LogP contribution in [0.5, 0.6) is 0 Å². The Labute approximate surface area is 116 Å². The second kappa shape index (κ2) is 5.76. The molecule has 1 aromatic heterocycles. The van der Waals surface area contributed by atoms with Crippen LogP contribution in [-0.4, -0.2) is 30.1 Å². The van der Waals surface area contributed by atoms with Gasteiger partial charge in [0.1, 0.15) is 18.0 Å². The quantitative estimate of drug-likeness (QED) is 0.855. The first kappa shape index (κ1) is 14.1. The lowest BCUT2D eigenvalue weighted by atomic mass is 10.0. The van der Waals surface area contributed by atoms with Gasteiger partial charge in [0.05, 0.1) is 0 Å². The number of nitrogens with zero attached hydrogens (tertiary/aromatic N) is 3. The Hall–Kier alpha value is -1.32. The number of aromatic nitrogens is 2. The third-order valence-corrected chi connectivity index (χ3v) is 3.93. The molecule has 1 aliphatic carbocycles. The van der Waals surface area contributed by atoms with Gasteiger partial charge in [0, 0.05) is 25.7 Å². The number of hydrogen-bond donors (Lipinski definition) is 1. The van der Waals surface area contributed by atoms with E-state index in [9.17, 15) is 0 Å². The fraction of sp³-hybridized carbons (Fsp3) is 0.733. The molecule has 1 saturated carbocycles. The predicted octanol–water partition coefficient (Wildman–Crippen LogP) is 3.12. The number of rotatable bonds is 6. The van der Waals surface area contributed by atoms with E-state index in [1.807, 2.05) is 0 Å². The summed E-state index contributed by atoms with van der Waals surface area (Å²) in [5, 5.41) is 3.35. The van der Waals surface area contributed by atoms with Gasteiger partial charge < -0.3 is 10.2 Å². The van der Waals surface area contributed by atoms with Crippen molar-refractivity contribution in [3.63, 3.8) is 0 Å². The Bertz CT molecular complexity index is 430. The van der Waals surface area contributed by atoms with E-state index in [1.165, 1.54) is 12.0 Å². The summed E-state index contributed by atoms with van der Waals surface area (Å²) in [6.45, 7) is 10.8. The molecule has 0 spiro atoms. The molecule has 0 amide bonds. The normalized spacial score (nSPS) is 21.6. The maximum atomic E-state index is 4.52. The lowest BCUT2D eigenvalue weighted by molar-refractivity contribution is 0.709. The second-order valence-corrected chi connectivity index (χ2v) is 6.00. The molecule has 2 unspecified atom stereocenters. The van der Waals surface area contributed by atoms with Gasteiger partial charge in [-0.05, 0) is 31.1 Å². The van der Waals surface area contributed by atoms with Gasteiger partial charge in [0.15, 0.2) is 0 Å². The topological polar surface area (TPSA) is 41.1 Å². The van der Waals surface area contributed by atoms with E-state index in [2.05, 4.69) is 54.9 Å². The molecular formula is C15H26N4. The zero-order chi connectivity index (χ0) is 14.0. The highest BCUT2D eigenvalue weighted by atomic mass is 15.2. The monoisotopic (exact) mass is 262 g/mol. The molecule has 0 radical (unpaired) electrons. The van der Waals surface area contributed by atoms with Crippen molar-refractivity contribution < 1.29 is 0 Å². The first-order valence-corrected chi connectivity index (χ1v) is 7.34. The molecule has 1 aromatic rings. The summed E-state index contributed by atoms with van der Waals surface area (Å²) in [6.07, 6.45) is 3.03. The van der Waals surface area contributed by atoms with Crippen LogP contribution in [0.4, 0.5) is 11.6 Å². The van der Waals surface area contributed by atoms with E-state index in [4.69, 9.17) is 0 Å². The van der Waals surface area contributed by atoms with Crippen molar-refractivity contribution in [2.75, 3.05) is 30.4 Å². The van der Waals surface area contributed by atoms with Crippen LogP contribution in [0.15, 0.2) is 6.33 Å². The molecule has 2 atom stereocenters. The van der Waals surface area contributed by atoms with Crippen molar-refractivity contribution in [2.45, 2.75) is 40.0 Å². The average Bonchev–Trinajstić information content (AvgIpc) is 3.04. The lowest BCUT2D eigenvalue weighted by Crippen LogP contribution is -2.24. The zero-order valence-electron chi connectivity index (χ0n) is 12.8. The third kappa shape index (κ3) is 3.17. The molecule has 106 valence electrons. The van der Waals surface area contributed by atoms with Crippen molar-refractivity contribution >= 4 is 11.6 Å². The summed E-state index contributed by atoms with van der Waals surface area (Å²) >= 11 is 0. The maximum Gasteiger partial charge on any atom is 0.137 e. The number of nitrogens with one attached hydrogen (secondary N) is 1. The fourth-order valence-electron chi connectivity index (χ4n) is 2.62. The van der Waals surface area contributed by atoms with E-state index < -0.39 is 0 Å². The smallest absolute Gasteiger partial charge is 0.137 e. The van der Waals surface area contributed by atoms with Gasteiger partial charge in [-0.25, -0.2) is 9.97 Å². The van der Waals surface area contributed by atoms with Gasteiger partial charge in [-0.15, -0.1) is 0 Å². The van der Waals surface area contributed by atoms with Crippen LogP contribution < -0.4 is 10.2 Å². The van der Waals surface area contributed by atoms with E-state index in [0.29, 0.717) is 5.92 Å². The molecule has 1 fully saturated rings. The van der Waals surface area contributed by atoms with Crippen LogP contribution in [0, 0.1) is 11.8 Å². The highest BCUT2D eigenvalue weighted by Crippen LogP contribution is 2.39. The Morgan fingerprint density at radius 2 is 2.11 bits per heavy atom. The summed E-state index contributed by atoms with van der Waals surface area (Å²) in [4.78, 5) is 11.2. The summed E-state index contributed by atoms with van der Waals surface area (Å²) in [5.41, 5.74) is 1.24. The molecule has 4 heteroatoms. The molecule has 1 heterocycles. The van der Waals surface area contributed by atoms with Crippen molar-refractivity contribution in [1.82, 2.24) is 9.97 Å². The van der Waals surface area contributed by atoms with E-state index in [-0.39, 0.29) is 0 Å². The van der Waals surface area contributed by atoms with Gasteiger partial charge in [0.2, 0.25) is 0 Å². The van der Waals surface area contributed by atoms with Gasteiger partial charge in [-0.3, -0.25) is 0 Å². The molecule has 1 N–H and O–H groups in total. The number of anilines is 2. The van der Waals surface area contributed by atoms with Crippen molar-refractivity contribution in [2.24, 2.45) is 11.8 Å². The van der Waals surface area contributed by atoms with E-state index in [0.717, 1.165) is 36.6 Å². The Morgan fingerprint density at radius 1 is 1.42 bits per heavy atom. The SMILES string of the molecule is CCNc1ncnc(N(C)CC2CC2C)c1C(C)C. The van der Waals surface area contributed by atoms with Crippen molar-refractivity contribution in [1.29, 1.82) is 0 Å². The van der Waals surface area contributed by atoms with E-state index >= 15 is 0 Å². The minimum Gasteiger partial charge on any atom is -0.370 e. The van der Waals surface area contributed by atoms with Crippen LogP contribution in [0.2, 0.25) is 0 Å². The first-order chi connectivity index (χ1) is 9.04. The third-order valence-electron chi connectivity index (χ3n) is 3.93. The Morgan fingerprint density at radius 3 is 2.63 bits per heavy atom. The van der Waals surface area contributed by atoms with Gasteiger partial charge in [0.25, 0.3) is 0 Å². The zero-order valence-corrected chi connectivity index (χ0v) is 12.8. The molecular weight excluding hydrogens is 236 g/mol. The standard InChI is InChI=1S/C15H26N4/c1-6-16-14-13(10(2)3)15(18-9-17-14)19(5)8-12-7-11(12)4/h9-12H,6-8H2,1-5H3,(H,16,17,18). The van der Waals surface area contributed by atoms with Crippen LogP contribution in [0.25, 0.3) is 0 Å². The lowest BCUT2D eigenvalue weighted by Gasteiger charge is -2.24. The Balaban J connectivity index is 2.24. The molecule has 0 aliphatic heterocycles. The van der Waals surface area contributed by atoms with Crippen LogP contribution >= 0.6 is 0 Å². The molecule has 19 heavy (non-hydrogen) atoms. The van der Waals surface area contributed by atoms with Crippen LogP contribution in [0.1, 0.15) is 45.6 Å². The van der Waals surface area contributed by atoms with Crippen molar-refractivity contribution in [3.8, 4) is 0 Å². The van der Waals surface area contributed by atoms with Gasteiger partial charge in [-0.2, -0.15) is 0 Å². The summed E-state index contributed by atoms with van der Waals surface area (Å²) in [6, 6.07) is 0. The molecule has 1 aliphatic rings. The Kier molecular flexibility index (Phi) is 4.27. The summed E-state index contributed by atoms with van der Waals surface area (Å²) in [5.74, 6) is 4.20. The molecule has 2 rings (SSSR count). The molecule has 0 aromatic carbocycles. The van der Waals surface area contributed by atoms with Crippen LogP contribution in [-0.2, 0) is 0 Å². The minimum absolute atomic E-state index is 0.421. The molecule has 0 bridgehead atoms. The number of hydrogen-bond acceptors (Lipinski definition) is 4. The second-order valence-electron chi connectivity index (χ2n) is 6.00. The first-order valence-electron chi connectivity index (χ1n) is 7.34. The highest BCUT2D eigenvalue weighted by Gasteiger charge is 2.34. The van der Waals surface area contributed by atoms with E-state index in [1.54, 1.807) is 6.33 Å². The molecule has 0 saturated heterocycles. The summed E-state index contributed by atoms with van der Waals surface area (Å²) < 4.78 is 0. The van der Waals surface area contributed by atoms with Crippen molar-refractivity contribution in [3.05, 3.63) is 11.9 Å². The fourth-order valence-corrected chi connectivity index (χ4v) is 2.62. The largest absolute Gasteiger partial charge is 0.370 e. The molecule has 4 nitrogen and oxygen atoms in total. The summed E-state index contributed by atoms with van der Waals surface area (Å²) in [7, 11) is 2.15.